The fourth-order valence-corrected chi connectivity index (χ4v) is 3.31. The number of phenols is 1. The Morgan fingerprint density at radius 2 is 2.21 bits per heavy atom. The van der Waals surface area contributed by atoms with E-state index in [-0.39, 0.29) is 5.75 Å². The number of rotatable bonds is 5. The molecule has 0 atom stereocenters. The van der Waals surface area contributed by atoms with Crippen molar-refractivity contribution in [3.05, 3.63) is 46.8 Å². The molecule has 0 radical (unpaired) electrons. The lowest BCUT2D eigenvalue weighted by Crippen LogP contribution is -2.00. The van der Waals surface area contributed by atoms with E-state index in [1.165, 1.54) is 4.88 Å². The monoisotopic (exact) mass is 340 g/mol. The molecule has 0 aliphatic carbocycles. The minimum absolute atomic E-state index is 0.0912. The van der Waals surface area contributed by atoms with Crippen molar-refractivity contribution in [1.82, 2.24) is 19.7 Å². The number of hydrogen-bond acceptors (Lipinski definition) is 5. The van der Waals surface area contributed by atoms with E-state index in [0.717, 1.165) is 11.2 Å². The molecule has 24 heavy (non-hydrogen) atoms. The maximum absolute atomic E-state index is 10.4. The van der Waals surface area contributed by atoms with Gasteiger partial charge in [0.25, 0.3) is 0 Å². The SMILES string of the molecule is CCOc1cccc(-c2nc3c(cnn3Cc3cccs3)[nH]2)c1O. The van der Waals surface area contributed by atoms with Crippen molar-refractivity contribution < 1.29 is 9.84 Å². The van der Waals surface area contributed by atoms with Crippen molar-refractivity contribution in [2.75, 3.05) is 6.61 Å². The molecule has 0 aliphatic rings. The molecular weight excluding hydrogens is 324 g/mol. The van der Waals surface area contributed by atoms with Crippen LogP contribution >= 0.6 is 11.3 Å². The third-order valence-corrected chi connectivity index (χ3v) is 4.58. The van der Waals surface area contributed by atoms with Crippen LogP contribution < -0.4 is 4.74 Å². The summed E-state index contributed by atoms with van der Waals surface area (Å²) in [4.78, 5) is 9.05. The summed E-state index contributed by atoms with van der Waals surface area (Å²) in [6.07, 6.45) is 1.75. The molecule has 3 aromatic heterocycles. The van der Waals surface area contributed by atoms with Gasteiger partial charge in [-0.3, -0.25) is 0 Å². The van der Waals surface area contributed by atoms with Gasteiger partial charge in [-0.05, 0) is 30.5 Å². The third-order valence-electron chi connectivity index (χ3n) is 3.72. The number of fused-ring (bicyclic) bond motifs is 1. The molecule has 0 spiro atoms. The maximum Gasteiger partial charge on any atom is 0.177 e. The van der Waals surface area contributed by atoms with Gasteiger partial charge in [-0.2, -0.15) is 5.10 Å². The summed E-state index contributed by atoms with van der Waals surface area (Å²) < 4.78 is 7.29. The molecule has 0 aliphatic heterocycles. The Bertz CT molecular complexity index is 972. The van der Waals surface area contributed by atoms with Crippen LogP contribution in [0.5, 0.6) is 11.5 Å². The number of aromatic amines is 1. The highest BCUT2D eigenvalue weighted by Gasteiger charge is 2.16. The maximum atomic E-state index is 10.4. The van der Waals surface area contributed by atoms with Crippen LogP contribution in [0.3, 0.4) is 0 Å². The summed E-state index contributed by atoms with van der Waals surface area (Å²) in [5.74, 6) is 1.14. The van der Waals surface area contributed by atoms with Crippen LogP contribution in [-0.2, 0) is 6.54 Å². The number of H-pyrrole nitrogens is 1. The van der Waals surface area contributed by atoms with Gasteiger partial charge >= 0.3 is 0 Å². The molecule has 1 aromatic carbocycles. The zero-order chi connectivity index (χ0) is 16.5. The average molecular weight is 340 g/mol. The van der Waals surface area contributed by atoms with Gasteiger partial charge in [0.2, 0.25) is 0 Å². The summed E-state index contributed by atoms with van der Waals surface area (Å²) in [5.41, 5.74) is 2.21. The van der Waals surface area contributed by atoms with E-state index in [2.05, 4.69) is 21.1 Å². The second-order valence-electron chi connectivity index (χ2n) is 5.29. The average Bonchev–Trinajstić information content (AvgIpc) is 3.29. The second-order valence-corrected chi connectivity index (χ2v) is 6.32. The van der Waals surface area contributed by atoms with Gasteiger partial charge in [0.05, 0.1) is 24.9 Å². The lowest BCUT2D eigenvalue weighted by Gasteiger charge is -2.08. The summed E-state index contributed by atoms with van der Waals surface area (Å²) >= 11 is 1.69. The Balaban J connectivity index is 1.74. The van der Waals surface area contributed by atoms with Crippen molar-refractivity contribution in [3.8, 4) is 22.9 Å². The van der Waals surface area contributed by atoms with Gasteiger partial charge in [0, 0.05) is 4.88 Å². The number of ether oxygens (including phenoxy) is 1. The highest BCUT2D eigenvalue weighted by molar-refractivity contribution is 7.09. The number of thiophene rings is 1. The first-order chi connectivity index (χ1) is 11.8. The van der Waals surface area contributed by atoms with Gasteiger partial charge in [-0.25, -0.2) is 9.67 Å². The summed E-state index contributed by atoms with van der Waals surface area (Å²) in [7, 11) is 0. The first-order valence-corrected chi connectivity index (χ1v) is 8.53. The Morgan fingerprint density at radius 1 is 1.29 bits per heavy atom. The molecule has 3 heterocycles. The highest BCUT2D eigenvalue weighted by atomic mass is 32.1. The number of benzene rings is 1. The van der Waals surface area contributed by atoms with Crippen LogP contribution in [-0.4, -0.2) is 31.5 Å². The minimum atomic E-state index is 0.0912. The molecule has 0 fully saturated rings. The number of nitrogens with one attached hydrogen (secondary N) is 1. The van der Waals surface area contributed by atoms with Gasteiger partial charge in [-0.1, -0.05) is 12.1 Å². The number of imidazole rings is 1. The molecule has 122 valence electrons. The summed E-state index contributed by atoms with van der Waals surface area (Å²) in [5, 5.41) is 16.8. The molecule has 4 aromatic rings. The number of phenolic OH excluding ortho intramolecular Hbond substituents is 1. The van der Waals surface area contributed by atoms with E-state index in [9.17, 15) is 5.11 Å². The third kappa shape index (κ3) is 2.52. The van der Waals surface area contributed by atoms with Crippen molar-refractivity contribution in [2.24, 2.45) is 0 Å². The Labute approximate surface area is 142 Å². The number of para-hydroxylation sites is 1. The molecule has 7 heteroatoms. The zero-order valence-electron chi connectivity index (χ0n) is 13.1. The van der Waals surface area contributed by atoms with E-state index >= 15 is 0 Å². The van der Waals surface area contributed by atoms with E-state index in [4.69, 9.17) is 4.74 Å². The summed E-state index contributed by atoms with van der Waals surface area (Å²) in [6.45, 7) is 3.05. The molecule has 6 nitrogen and oxygen atoms in total. The summed E-state index contributed by atoms with van der Waals surface area (Å²) in [6, 6.07) is 9.48. The smallest absolute Gasteiger partial charge is 0.177 e. The predicted octanol–water partition coefficient (Wildman–Crippen LogP) is 3.64. The van der Waals surface area contributed by atoms with Gasteiger partial charge in [-0.15, -0.1) is 11.3 Å². The number of aromatic hydroxyl groups is 1. The Morgan fingerprint density at radius 3 is 3.00 bits per heavy atom. The van der Waals surface area contributed by atoms with Crippen LogP contribution in [0.4, 0.5) is 0 Å². The minimum Gasteiger partial charge on any atom is -0.504 e. The van der Waals surface area contributed by atoms with Gasteiger partial charge in [0.1, 0.15) is 11.3 Å². The quantitative estimate of drug-likeness (QED) is 0.581. The largest absolute Gasteiger partial charge is 0.504 e. The molecule has 0 bridgehead atoms. The highest BCUT2D eigenvalue weighted by Crippen LogP contribution is 2.36. The van der Waals surface area contributed by atoms with E-state index in [1.807, 2.05) is 35.2 Å². The molecular formula is C17H16N4O2S. The fraction of sp³-hybridized carbons (Fsp3) is 0.176. The molecule has 4 rings (SSSR count). The Kier molecular flexibility index (Phi) is 3.70. The zero-order valence-corrected chi connectivity index (χ0v) is 13.9. The topological polar surface area (TPSA) is 76.0 Å². The van der Waals surface area contributed by atoms with E-state index in [1.54, 1.807) is 23.6 Å². The van der Waals surface area contributed by atoms with Crippen LogP contribution in [0.2, 0.25) is 0 Å². The van der Waals surface area contributed by atoms with E-state index < -0.39 is 0 Å². The van der Waals surface area contributed by atoms with Crippen LogP contribution in [0.25, 0.3) is 22.6 Å². The van der Waals surface area contributed by atoms with Crippen molar-refractivity contribution in [3.63, 3.8) is 0 Å². The van der Waals surface area contributed by atoms with Crippen LogP contribution in [0.1, 0.15) is 11.8 Å². The normalized spacial score (nSPS) is 11.2. The van der Waals surface area contributed by atoms with Crippen molar-refractivity contribution >= 4 is 22.5 Å². The number of nitrogens with zero attached hydrogens (tertiary/aromatic N) is 3. The predicted molar refractivity (Wildman–Crippen MR) is 93.6 cm³/mol. The number of hydrogen-bond donors (Lipinski definition) is 2. The molecule has 0 saturated carbocycles. The lowest BCUT2D eigenvalue weighted by molar-refractivity contribution is 0.318. The lowest BCUT2D eigenvalue weighted by atomic mass is 10.2. The first kappa shape index (κ1) is 14.8. The molecule has 0 amide bonds. The first-order valence-electron chi connectivity index (χ1n) is 7.65. The van der Waals surface area contributed by atoms with E-state index in [0.29, 0.717) is 30.3 Å². The van der Waals surface area contributed by atoms with Crippen molar-refractivity contribution in [1.29, 1.82) is 0 Å². The van der Waals surface area contributed by atoms with Crippen LogP contribution in [0.15, 0.2) is 41.9 Å². The number of aromatic nitrogens is 4. The Hall–Kier alpha value is -2.80. The standard InChI is InChI=1S/C17H16N4O2S/c1-2-23-14-7-3-6-12(15(14)22)16-19-13-9-18-21(17(13)20-16)10-11-5-4-8-24-11/h3-9,22H,2,10H2,1H3,(H,19,20). The van der Waals surface area contributed by atoms with Gasteiger partial charge in [0.15, 0.2) is 17.1 Å². The molecule has 0 saturated heterocycles. The second kappa shape index (κ2) is 6.01. The van der Waals surface area contributed by atoms with Crippen molar-refractivity contribution in [2.45, 2.75) is 13.5 Å². The van der Waals surface area contributed by atoms with Crippen LogP contribution in [0, 0.1) is 0 Å². The molecule has 2 N–H and O–H groups in total. The fourth-order valence-electron chi connectivity index (χ4n) is 2.63. The molecule has 0 unspecified atom stereocenters. The van der Waals surface area contributed by atoms with Gasteiger partial charge < -0.3 is 14.8 Å².